The Morgan fingerprint density at radius 1 is 1.30 bits per heavy atom. The number of amides is 1. The number of esters is 1. The van der Waals surface area contributed by atoms with Gasteiger partial charge in [0.15, 0.2) is 0 Å². The Kier molecular flexibility index (Phi) is 5.42. The molecule has 1 N–H and O–H groups in total. The van der Waals surface area contributed by atoms with Crippen LogP contribution in [0.2, 0.25) is 0 Å². The summed E-state index contributed by atoms with van der Waals surface area (Å²) in [7, 11) is 1.34. The van der Waals surface area contributed by atoms with Crippen molar-refractivity contribution < 1.29 is 19.1 Å². The molecular formula is C15H27NO4. The van der Waals surface area contributed by atoms with Gasteiger partial charge >= 0.3 is 12.1 Å². The highest BCUT2D eigenvalue weighted by atomic mass is 16.6. The quantitative estimate of drug-likeness (QED) is 0.789. The van der Waals surface area contributed by atoms with E-state index in [1.807, 2.05) is 0 Å². The van der Waals surface area contributed by atoms with Gasteiger partial charge in [0.05, 0.1) is 7.11 Å². The van der Waals surface area contributed by atoms with E-state index >= 15 is 0 Å². The van der Waals surface area contributed by atoms with Gasteiger partial charge in [0.2, 0.25) is 0 Å². The smallest absolute Gasteiger partial charge is 0.408 e. The Hall–Kier alpha value is -1.26. The molecule has 1 atom stereocenters. The monoisotopic (exact) mass is 285 g/mol. The summed E-state index contributed by atoms with van der Waals surface area (Å²) in [6.07, 6.45) is 4.46. The van der Waals surface area contributed by atoms with Crippen LogP contribution in [0.4, 0.5) is 4.79 Å². The van der Waals surface area contributed by atoms with Crippen molar-refractivity contribution in [3.05, 3.63) is 0 Å². The molecule has 1 saturated carbocycles. The molecule has 1 amide bonds. The molecule has 0 bridgehead atoms. The summed E-state index contributed by atoms with van der Waals surface area (Å²) >= 11 is 0. The third kappa shape index (κ3) is 4.69. The van der Waals surface area contributed by atoms with Crippen LogP contribution in [0.1, 0.15) is 59.8 Å². The van der Waals surface area contributed by atoms with E-state index in [-0.39, 0.29) is 5.41 Å². The number of hydrogen-bond donors (Lipinski definition) is 1. The van der Waals surface area contributed by atoms with Gasteiger partial charge in [-0.2, -0.15) is 0 Å². The van der Waals surface area contributed by atoms with Gasteiger partial charge < -0.3 is 14.8 Å². The topological polar surface area (TPSA) is 64.6 Å². The summed E-state index contributed by atoms with van der Waals surface area (Å²) in [5, 5.41) is 2.65. The van der Waals surface area contributed by atoms with Crippen LogP contribution in [0.3, 0.4) is 0 Å². The van der Waals surface area contributed by atoms with E-state index in [1.165, 1.54) is 13.5 Å². The predicted molar refractivity (Wildman–Crippen MR) is 76.4 cm³/mol. The van der Waals surface area contributed by atoms with Gasteiger partial charge in [0.25, 0.3) is 0 Å². The van der Waals surface area contributed by atoms with Crippen LogP contribution in [-0.2, 0) is 14.3 Å². The second-order valence-electron chi connectivity index (χ2n) is 6.63. The number of carbonyl (C=O) groups is 2. The molecule has 1 fully saturated rings. The van der Waals surface area contributed by atoms with Gasteiger partial charge in [-0.05, 0) is 45.4 Å². The van der Waals surface area contributed by atoms with E-state index in [9.17, 15) is 9.59 Å². The molecular weight excluding hydrogens is 258 g/mol. The highest BCUT2D eigenvalue weighted by Gasteiger charge is 2.40. The third-order valence-corrected chi connectivity index (χ3v) is 3.98. The van der Waals surface area contributed by atoms with Gasteiger partial charge in [-0.3, -0.25) is 0 Å². The first-order valence-electron chi connectivity index (χ1n) is 7.29. The molecule has 0 aromatic carbocycles. The van der Waals surface area contributed by atoms with Gasteiger partial charge in [-0.1, -0.05) is 19.8 Å². The SMILES string of the molecule is CCC1(CC(NC(=O)OC(C)(C)C)C(=O)OC)CCC1. The molecule has 0 aromatic heterocycles. The average Bonchev–Trinajstić information content (AvgIpc) is 2.28. The predicted octanol–water partition coefficient (Wildman–Crippen LogP) is 3.02. The fourth-order valence-electron chi connectivity index (χ4n) is 2.60. The van der Waals surface area contributed by atoms with E-state index in [2.05, 4.69) is 12.2 Å². The highest BCUT2D eigenvalue weighted by molar-refractivity contribution is 5.81. The average molecular weight is 285 g/mol. The third-order valence-electron chi connectivity index (χ3n) is 3.98. The van der Waals surface area contributed by atoms with E-state index in [4.69, 9.17) is 9.47 Å². The Balaban J connectivity index is 2.65. The van der Waals surface area contributed by atoms with Crippen molar-refractivity contribution in [2.75, 3.05) is 7.11 Å². The number of ether oxygens (including phenoxy) is 2. The van der Waals surface area contributed by atoms with Crippen molar-refractivity contribution in [2.45, 2.75) is 71.4 Å². The minimum atomic E-state index is -0.630. The van der Waals surface area contributed by atoms with Gasteiger partial charge in [0.1, 0.15) is 11.6 Å². The minimum absolute atomic E-state index is 0.161. The Morgan fingerprint density at radius 3 is 2.25 bits per heavy atom. The van der Waals surface area contributed by atoms with Gasteiger partial charge in [0, 0.05) is 0 Å². The summed E-state index contributed by atoms with van der Waals surface area (Å²) < 4.78 is 10.00. The lowest BCUT2D eigenvalue weighted by Crippen LogP contribution is -2.48. The summed E-state index contributed by atoms with van der Waals surface area (Å²) in [6.45, 7) is 7.50. The second-order valence-corrected chi connectivity index (χ2v) is 6.63. The molecule has 116 valence electrons. The summed E-state index contributed by atoms with van der Waals surface area (Å²) in [4.78, 5) is 23.7. The maximum atomic E-state index is 11.9. The molecule has 20 heavy (non-hydrogen) atoms. The molecule has 0 heterocycles. The first-order valence-corrected chi connectivity index (χ1v) is 7.29. The zero-order valence-corrected chi connectivity index (χ0v) is 13.2. The number of alkyl carbamates (subject to hydrolysis) is 1. The molecule has 5 heteroatoms. The zero-order valence-electron chi connectivity index (χ0n) is 13.2. The molecule has 0 spiro atoms. The maximum Gasteiger partial charge on any atom is 0.408 e. The molecule has 0 radical (unpaired) electrons. The number of hydrogen-bond acceptors (Lipinski definition) is 4. The molecule has 1 unspecified atom stereocenters. The van der Waals surface area contributed by atoms with Crippen molar-refractivity contribution >= 4 is 12.1 Å². The molecule has 1 aliphatic carbocycles. The van der Waals surface area contributed by atoms with Crippen molar-refractivity contribution in [1.82, 2.24) is 5.32 Å². The lowest BCUT2D eigenvalue weighted by Gasteiger charge is -2.43. The van der Waals surface area contributed by atoms with Crippen LogP contribution < -0.4 is 5.32 Å². The Labute approximate surface area is 121 Å². The first-order chi connectivity index (χ1) is 9.21. The van der Waals surface area contributed by atoms with Crippen LogP contribution in [0.5, 0.6) is 0 Å². The summed E-state index contributed by atoms with van der Waals surface area (Å²) in [5.74, 6) is -0.407. The van der Waals surface area contributed by atoms with Crippen LogP contribution in [-0.4, -0.2) is 30.8 Å². The summed E-state index contributed by atoms with van der Waals surface area (Å²) in [6, 6.07) is -0.630. The van der Waals surface area contributed by atoms with Crippen molar-refractivity contribution in [2.24, 2.45) is 5.41 Å². The lowest BCUT2D eigenvalue weighted by molar-refractivity contribution is -0.144. The van der Waals surface area contributed by atoms with Crippen LogP contribution in [0, 0.1) is 5.41 Å². The van der Waals surface area contributed by atoms with E-state index in [0.717, 1.165) is 19.3 Å². The minimum Gasteiger partial charge on any atom is -0.467 e. The summed E-state index contributed by atoms with van der Waals surface area (Å²) in [5.41, 5.74) is -0.419. The molecule has 0 saturated heterocycles. The largest absolute Gasteiger partial charge is 0.467 e. The van der Waals surface area contributed by atoms with E-state index in [1.54, 1.807) is 20.8 Å². The number of carbonyl (C=O) groups excluding carboxylic acids is 2. The lowest BCUT2D eigenvalue weighted by atomic mass is 9.64. The fraction of sp³-hybridized carbons (Fsp3) is 0.867. The van der Waals surface area contributed by atoms with Crippen molar-refractivity contribution in [3.63, 3.8) is 0 Å². The number of nitrogens with one attached hydrogen (secondary N) is 1. The van der Waals surface area contributed by atoms with E-state index in [0.29, 0.717) is 6.42 Å². The van der Waals surface area contributed by atoms with Gasteiger partial charge in [-0.25, -0.2) is 9.59 Å². The number of rotatable bonds is 5. The Bertz CT molecular complexity index is 350. The molecule has 0 aromatic rings. The molecule has 1 rings (SSSR count). The van der Waals surface area contributed by atoms with Crippen molar-refractivity contribution in [1.29, 1.82) is 0 Å². The van der Waals surface area contributed by atoms with Gasteiger partial charge in [-0.15, -0.1) is 0 Å². The van der Waals surface area contributed by atoms with Crippen LogP contribution in [0.25, 0.3) is 0 Å². The molecule has 0 aliphatic heterocycles. The van der Waals surface area contributed by atoms with Crippen LogP contribution in [0.15, 0.2) is 0 Å². The van der Waals surface area contributed by atoms with E-state index < -0.39 is 23.7 Å². The molecule has 5 nitrogen and oxygen atoms in total. The Morgan fingerprint density at radius 2 is 1.90 bits per heavy atom. The number of methoxy groups -OCH3 is 1. The van der Waals surface area contributed by atoms with Crippen LogP contribution >= 0.6 is 0 Å². The zero-order chi connectivity index (χ0) is 15.4. The standard InChI is InChI=1S/C15H27NO4/c1-6-15(8-7-9-15)10-11(12(17)19-5)16-13(18)20-14(2,3)4/h11H,6-10H2,1-5H3,(H,16,18). The normalized spacial score (nSPS) is 18.6. The maximum absolute atomic E-state index is 11.9. The van der Waals surface area contributed by atoms with Crippen molar-refractivity contribution in [3.8, 4) is 0 Å². The molecule has 1 aliphatic rings. The first kappa shape index (κ1) is 16.8. The fourth-order valence-corrected chi connectivity index (χ4v) is 2.60. The second kappa shape index (κ2) is 6.46. The highest BCUT2D eigenvalue weighted by Crippen LogP contribution is 2.47.